The maximum absolute atomic E-state index is 13.5. The van der Waals surface area contributed by atoms with Gasteiger partial charge in [0.1, 0.15) is 17.6 Å². The summed E-state index contributed by atoms with van der Waals surface area (Å²) >= 11 is 0. The summed E-state index contributed by atoms with van der Waals surface area (Å²) in [5.41, 5.74) is 3.71. The summed E-state index contributed by atoms with van der Waals surface area (Å²) in [6, 6.07) is 20.6. The molecule has 0 radical (unpaired) electrons. The van der Waals surface area contributed by atoms with Gasteiger partial charge in [-0.25, -0.2) is 4.39 Å². The molecular formula is C29H33FN2O3. The van der Waals surface area contributed by atoms with E-state index in [1.54, 1.807) is 12.1 Å². The molecule has 0 saturated carbocycles. The molecule has 2 amide bonds. The maximum Gasteiger partial charge on any atom is 0.261 e. The van der Waals surface area contributed by atoms with Gasteiger partial charge in [0.15, 0.2) is 6.61 Å². The highest BCUT2D eigenvalue weighted by Gasteiger charge is 2.30. The molecule has 0 bridgehead atoms. The second kappa shape index (κ2) is 12.7. The molecule has 35 heavy (non-hydrogen) atoms. The Bertz CT molecular complexity index is 1120. The summed E-state index contributed by atoms with van der Waals surface area (Å²) in [4.78, 5) is 28.3. The van der Waals surface area contributed by atoms with Gasteiger partial charge in [-0.1, -0.05) is 67.1 Å². The van der Waals surface area contributed by atoms with Gasteiger partial charge in [-0.05, 0) is 55.2 Å². The fourth-order valence-corrected chi connectivity index (χ4v) is 3.89. The smallest absolute Gasteiger partial charge is 0.261 e. The first-order chi connectivity index (χ1) is 16.9. The molecular weight excluding hydrogens is 443 g/mol. The van der Waals surface area contributed by atoms with E-state index in [0.29, 0.717) is 18.7 Å². The predicted molar refractivity (Wildman–Crippen MR) is 136 cm³/mol. The van der Waals surface area contributed by atoms with Crippen LogP contribution in [-0.4, -0.2) is 35.9 Å². The number of carbonyl (C=O) groups is 2. The standard InChI is InChI=1S/C29H33FN2O3/c1-4-16-31-29(34)26(18-23-8-6-5-7-9-23)32(19-24-11-13-25(30)14-12-24)28(33)20-35-27-15-10-21(2)17-22(27)3/h5-15,17,26H,4,16,18-20H2,1-3H3,(H,31,34). The molecule has 5 nitrogen and oxygen atoms in total. The van der Waals surface area contributed by atoms with E-state index >= 15 is 0 Å². The lowest BCUT2D eigenvalue weighted by Gasteiger charge is -2.31. The van der Waals surface area contributed by atoms with Crippen LogP contribution in [-0.2, 0) is 22.6 Å². The van der Waals surface area contributed by atoms with Crippen LogP contribution in [0.4, 0.5) is 4.39 Å². The average molecular weight is 477 g/mol. The molecule has 0 aliphatic rings. The van der Waals surface area contributed by atoms with Crippen molar-refractivity contribution in [1.82, 2.24) is 10.2 Å². The molecule has 184 valence electrons. The molecule has 0 spiro atoms. The van der Waals surface area contributed by atoms with Gasteiger partial charge in [0, 0.05) is 19.5 Å². The van der Waals surface area contributed by atoms with Crippen molar-refractivity contribution in [3.63, 3.8) is 0 Å². The third-order valence-electron chi connectivity index (χ3n) is 5.77. The second-order valence-corrected chi connectivity index (χ2v) is 8.70. The van der Waals surface area contributed by atoms with Crippen LogP contribution >= 0.6 is 0 Å². The number of hydrogen-bond acceptors (Lipinski definition) is 3. The van der Waals surface area contributed by atoms with Gasteiger partial charge >= 0.3 is 0 Å². The van der Waals surface area contributed by atoms with Gasteiger partial charge in [-0.3, -0.25) is 9.59 Å². The van der Waals surface area contributed by atoms with E-state index in [2.05, 4.69) is 5.32 Å². The van der Waals surface area contributed by atoms with Crippen molar-refractivity contribution < 1.29 is 18.7 Å². The minimum atomic E-state index is -0.746. The Balaban J connectivity index is 1.89. The van der Waals surface area contributed by atoms with Crippen molar-refractivity contribution in [3.05, 3.63) is 101 Å². The third-order valence-corrected chi connectivity index (χ3v) is 5.77. The number of nitrogens with zero attached hydrogens (tertiary/aromatic N) is 1. The van der Waals surface area contributed by atoms with Crippen LogP contribution in [0.25, 0.3) is 0 Å². The molecule has 0 fully saturated rings. The van der Waals surface area contributed by atoms with E-state index < -0.39 is 6.04 Å². The van der Waals surface area contributed by atoms with E-state index in [9.17, 15) is 14.0 Å². The van der Waals surface area contributed by atoms with Crippen LogP contribution in [0.5, 0.6) is 5.75 Å². The molecule has 0 saturated heterocycles. The van der Waals surface area contributed by atoms with Gasteiger partial charge in [0.2, 0.25) is 5.91 Å². The number of aryl methyl sites for hydroxylation is 2. The fraction of sp³-hybridized carbons (Fsp3) is 0.310. The first-order valence-corrected chi connectivity index (χ1v) is 11.9. The number of amides is 2. The summed E-state index contributed by atoms with van der Waals surface area (Å²) in [5, 5.41) is 2.94. The fourth-order valence-electron chi connectivity index (χ4n) is 3.89. The molecule has 3 rings (SSSR count). The van der Waals surface area contributed by atoms with Crippen molar-refractivity contribution in [2.24, 2.45) is 0 Å². The number of nitrogens with one attached hydrogen (secondary N) is 1. The molecule has 0 heterocycles. The Hall–Kier alpha value is -3.67. The molecule has 6 heteroatoms. The Labute approximate surface area is 206 Å². The number of hydrogen-bond donors (Lipinski definition) is 1. The molecule has 1 unspecified atom stereocenters. The molecule has 0 aliphatic heterocycles. The first kappa shape index (κ1) is 25.9. The highest BCUT2D eigenvalue weighted by atomic mass is 19.1. The van der Waals surface area contributed by atoms with Gasteiger partial charge in [-0.2, -0.15) is 0 Å². The number of halogens is 1. The number of rotatable bonds is 11. The van der Waals surface area contributed by atoms with Crippen molar-refractivity contribution in [2.75, 3.05) is 13.2 Å². The highest BCUT2D eigenvalue weighted by Crippen LogP contribution is 2.20. The van der Waals surface area contributed by atoms with E-state index in [-0.39, 0.29) is 30.8 Å². The van der Waals surface area contributed by atoms with Crippen LogP contribution in [0.2, 0.25) is 0 Å². The van der Waals surface area contributed by atoms with Crippen LogP contribution in [0.15, 0.2) is 72.8 Å². The van der Waals surface area contributed by atoms with Crippen LogP contribution in [0.3, 0.4) is 0 Å². The Morgan fingerprint density at radius 3 is 2.34 bits per heavy atom. The van der Waals surface area contributed by atoms with Gasteiger partial charge < -0.3 is 15.0 Å². The molecule has 0 aliphatic carbocycles. The highest BCUT2D eigenvalue weighted by molar-refractivity contribution is 5.88. The molecule has 0 aromatic heterocycles. The van der Waals surface area contributed by atoms with Crippen molar-refractivity contribution in [3.8, 4) is 5.75 Å². The van der Waals surface area contributed by atoms with E-state index in [4.69, 9.17) is 4.74 Å². The number of carbonyl (C=O) groups excluding carboxylic acids is 2. The summed E-state index contributed by atoms with van der Waals surface area (Å²) in [6.07, 6.45) is 1.14. The zero-order chi connectivity index (χ0) is 25.2. The number of benzene rings is 3. The van der Waals surface area contributed by atoms with Crippen molar-refractivity contribution >= 4 is 11.8 Å². The lowest BCUT2D eigenvalue weighted by Crippen LogP contribution is -2.51. The third kappa shape index (κ3) is 7.67. The normalized spacial score (nSPS) is 11.5. The SMILES string of the molecule is CCCNC(=O)C(Cc1ccccc1)N(Cc1ccc(F)cc1)C(=O)COc1ccc(C)cc1C. The summed E-state index contributed by atoms with van der Waals surface area (Å²) in [6.45, 7) is 6.37. The van der Waals surface area contributed by atoms with Gasteiger partial charge in [0.25, 0.3) is 5.91 Å². The maximum atomic E-state index is 13.5. The van der Waals surface area contributed by atoms with Crippen molar-refractivity contribution in [1.29, 1.82) is 0 Å². The Morgan fingerprint density at radius 2 is 1.69 bits per heavy atom. The number of ether oxygens (including phenoxy) is 1. The summed E-state index contributed by atoms with van der Waals surface area (Å²) in [7, 11) is 0. The zero-order valence-electron chi connectivity index (χ0n) is 20.6. The summed E-state index contributed by atoms with van der Waals surface area (Å²) in [5.74, 6) is -0.272. The lowest BCUT2D eigenvalue weighted by atomic mass is 10.0. The monoisotopic (exact) mass is 476 g/mol. The van der Waals surface area contributed by atoms with Crippen LogP contribution < -0.4 is 10.1 Å². The van der Waals surface area contributed by atoms with Gasteiger partial charge in [-0.15, -0.1) is 0 Å². The quantitative estimate of drug-likeness (QED) is 0.424. The minimum Gasteiger partial charge on any atom is -0.483 e. The molecule has 1 N–H and O–H groups in total. The minimum absolute atomic E-state index is 0.159. The molecule has 3 aromatic rings. The summed E-state index contributed by atoms with van der Waals surface area (Å²) < 4.78 is 19.4. The lowest BCUT2D eigenvalue weighted by molar-refractivity contribution is -0.142. The average Bonchev–Trinajstić information content (AvgIpc) is 2.85. The van der Waals surface area contributed by atoms with Gasteiger partial charge in [0.05, 0.1) is 0 Å². The van der Waals surface area contributed by atoms with E-state index in [0.717, 1.165) is 28.7 Å². The topological polar surface area (TPSA) is 58.6 Å². The van der Waals surface area contributed by atoms with E-state index in [1.807, 2.05) is 69.3 Å². The van der Waals surface area contributed by atoms with E-state index in [1.165, 1.54) is 17.0 Å². The predicted octanol–water partition coefficient (Wildman–Crippen LogP) is 4.99. The second-order valence-electron chi connectivity index (χ2n) is 8.70. The Kier molecular flexibility index (Phi) is 9.41. The first-order valence-electron chi connectivity index (χ1n) is 11.9. The van der Waals surface area contributed by atoms with Crippen LogP contribution in [0, 0.1) is 19.7 Å². The molecule has 1 atom stereocenters. The van der Waals surface area contributed by atoms with Crippen molar-refractivity contribution in [2.45, 2.75) is 46.2 Å². The van der Waals surface area contributed by atoms with Crippen LogP contribution in [0.1, 0.15) is 35.6 Å². The Morgan fingerprint density at radius 1 is 0.971 bits per heavy atom. The molecule has 3 aromatic carbocycles. The largest absolute Gasteiger partial charge is 0.483 e. The zero-order valence-corrected chi connectivity index (χ0v) is 20.6.